The van der Waals surface area contributed by atoms with Crippen molar-refractivity contribution in [3.05, 3.63) is 6.92 Å². The van der Waals surface area contributed by atoms with Gasteiger partial charge in [-0.25, -0.2) is 0 Å². The highest BCUT2D eigenvalue weighted by Crippen LogP contribution is 2.31. The Morgan fingerprint density at radius 3 is 1.26 bits per heavy atom. The highest BCUT2D eigenvalue weighted by atomic mass is 28.5. The first-order chi connectivity index (χ1) is 13.5. The molecule has 0 aromatic heterocycles. The van der Waals surface area contributed by atoms with Crippen LogP contribution in [0.4, 0.5) is 0 Å². The summed E-state index contributed by atoms with van der Waals surface area (Å²) in [5, 5.41) is 9.47. The number of aliphatic hydroxyl groups excluding tert-OH is 1. The predicted octanol–water partition coefficient (Wildman–Crippen LogP) is 5.13. The first kappa shape index (κ1) is 32.0. The van der Waals surface area contributed by atoms with Crippen molar-refractivity contribution in [2.75, 3.05) is 13.2 Å². The maximum atomic E-state index is 9.47. The average molecular weight is 546 g/mol. The maximum absolute atomic E-state index is 9.47. The summed E-state index contributed by atoms with van der Waals surface area (Å²) in [6.45, 7) is 31.8. The van der Waals surface area contributed by atoms with E-state index in [0.29, 0.717) is 12.7 Å². The van der Waals surface area contributed by atoms with Crippen molar-refractivity contribution in [2.24, 2.45) is 0 Å². The largest absolute Gasteiger partial charge is 0.474 e. The van der Waals surface area contributed by atoms with Gasteiger partial charge in [-0.3, -0.25) is 0 Å². The maximum Gasteiger partial charge on any atom is 0.474 e. The number of rotatable bonds is 15. The summed E-state index contributed by atoms with van der Waals surface area (Å²) in [4.78, 5) is 0. The molecule has 0 aliphatic heterocycles. The number of hydrogen-bond donors (Lipinski definition) is 1. The topological polar surface area (TPSA) is 75.6 Å². The molecule has 0 fully saturated rings. The monoisotopic (exact) mass is 545 g/mol. The Hall–Kier alpha value is 1.02. The third kappa shape index (κ3) is 17.2. The zero-order valence-corrected chi connectivity index (χ0v) is 28.3. The van der Waals surface area contributed by atoms with E-state index in [9.17, 15) is 5.11 Å². The number of ether oxygens (including phenoxy) is 1. The van der Waals surface area contributed by atoms with Gasteiger partial charge in [-0.15, -0.1) is 0 Å². The lowest BCUT2D eigenvalue weighted by Gasteiger charge is -2.45. The molecule has 0 aliphatic rings. The van der Waals surface area contributed by atoms with Crippen LogP contribution in [0.3, 0.4) is 0 Å². The molecule has 0 saturated heterocycles. The van der Waals surface area contributed by atoms with E-state index in [2.05, 4.69) is 92.0 Å². The second-order valence-corrected chi connectivity index (χ2v) is 36.0. The molecule has 31 heavy (non-hydrogen) atoms. The Morgan fingerprint density at radius 2 is 0.968 bits per heavy atom. The second kappa shape index (κ2) is 11.6. The zero-order chi connectivity index (χ0) is 24.9. The van der Waals surface area contributed by atoms with E-state index in [0.717, 1.165) is 0 Å². The van der Waals surface area contributed by atoms with E-state index in [1.807, 2.05) is 0 Å². The van der Waals surface area contributed by atoms with Crippen molar-refractivity contribution in [1.82, 2.24) is 0 Å². The van der Waals surface area contributed by atoms with Crippen LogP contribution < -0.4 is 0 Å². The molecule has 1 radical (unpaired) electrons. The van der Waals surface area contributed by atoms with Gasteiger partial charge >= 0.3 is 25.9 Å². The first-order valence-electron chi connectivity index (χ1n) is 11.0. The molecule has 1 unspecified atom stereocenters. The van der Waals surface area contributed by atoms with Crippen molar-refractivity contribution in [3.63, 3.8) is 0 Å². The highest BCUT2D eigenvalue weighted by Gasteiger charge is 2.54. The van der Waals surface area contributed by atoms with E-state index in [4.69, 9.17) is 25.3 Å². The van der Waals surface area contributed by atoms with Gasteiger partial charge in [0, 0.05) is 6.04 Å². The fourth-order valence-electron chi connectivity index (χ4n) is 3.36. The zero-order valence-electron chi connectivity index (χ0n) is 22.3. The van der Waals surface area contributed by atoms with Crippen molar-refractivity contribution in [3.8, 4) is 0 Å². The average Bonchev–Trinajstić information content (AvgIpc) is 2.33. The summed E-state index contributed by atoms with van der Waals surface area (Å²) in [5.74, 6) is 0. The molecule has 7 nitrogen and oxygen atoms in total. The van der Waals surface area contributed by atoms with Crippen LogP contribution in [0.15, 0.2) is 0 Å². The number of hydrogen-bond acceptors (Lipinski definition) is 7. The summed E-state index contributed by atoms with van der Waals surface area (Å²) in [6, 6.07) is 0.487. The van der Waals surface area contributed by atoms with E-state index >= 15 is 0 Å². The lowest BCUT2D eigenvalue weighted by atomic mass is 10.4. The van der Waals surface area contributed by atoms with Gasteiger partial charge < -0.3 is 30.4 Å². The Labute approximate surface area is 198 Å². The van der Waals surface area contributed by atoms with Gasteiger partial charge in [0.1, 0.15) is 0 Å². The van der Waals surface area contributed by atoms with E-state index in [1.165, 1.54) is 0 Å². The quantitative estimate of drug-likeness (QED) is 0.226. The fourth-order valence-corrected chi connectivity index (χ4v) is 29.2. The van der Waals surface area contributed by atoms with E-state index in [1.54, 1.807) is 0 Å². The minimum Gasteiger partial charge on any atom is -0.437 e. The normalized spacial score (nSPS) is 16.0. The molecule has 0 aromatic rings. The molecule has 1 atom stereocenters. The molecular weight excluding hydrogens is 497 g/mol. The van der Waals surface area contributed by atoms with Crippen LogP contribution in [0.25, 0.3) is 0 Å². The highest BCUT2D eigenvalue weighted by molar-refractivity contribution is 6.92. The fraction of sp³-hybridized carbons (Fsp3) is 0.944. The molecule has 0 heterocycles. The van der Waals surface area contributed by atoms with Crippen molar-refractivity contribution in [1.29, 1.82) is 0 Å². The van der Waals surface area contributed by atoms with E-state index in [-0.39, 0.29) is 6.61 Å². The molecule has 0 bridgehead atoms. The Bertz CT molecular complexity index is 509. The molecule has 1 N–H and O–H groups in total. The molecule has 0 saturated carbocycles. The molecule has 0 spiro atoms. The van der Waals surface area contributed by atoms with Gasteiger partial charge in [0.25, 0.3) is 0 Å². The predicted molar refractivity (Wildman–Crippen MR) is 143 cm³/mol. The molecule has 0 aromatic carbocycles. The van der Waals surface area contributed by atoms with Crippen LogP contribution in [0.1, 0.15) is 0 Å². The minimum atomic E-state index is -3.22. The van der Waals surface area contributed by atoms with Gasteiger partial charge in [-0.05, 0) is 92.0 Å². The van der Waals surface area contributed by atoms with Gasteiger partial charge in [0.15, 0.2) is 25.0 Å². The van der Waals surface area contributed by atoms with Crippen molar-refractivity contribution >= 4 is 50.9 Å². The first-order valence-corrected chi connectivity index (χ1v) is 28.8. The molecule has 187 valence electrons. The minimum absolute atomic E-state index is 0.163. The van der Waals surface area contributed by atoms with Gasteiger partial charge in [-0.2, -0.15) is 0 Å². The lowest BCUT2D eigenvalue weighted by Crippen LogP contribution is -2.64. The molecule has 0 aliphatic carbocycles. The molecule has 13 heteroatoms. The summed E-state index contributed by atoms with van der Waals surface area (Å²) in [5.41, 5.74) is 0. The smallest absolute Gasteiger partial charge is 0.437 e. The van der Waals surface area contributed by atoms with Crippen LogP contribution in [0.2, 0.25) is 91.2 Å². The second-order valence-electron chi connectivity index (χ2n) is 11.8. The summed E-state index contributed by atoms with van der Waals surface area (Å²) in [7, 11) is -14.0. The van der Waals surface area contributed by atoms with Crippen molar-refractivity contribution < 1.29 is 30.4 Å². The van der Waals surface area contributed by atoms with E-state index < -0.39 is 57.0 Å². The lowest BCUT2D eigenvalue weighted by molar-refractivity contribution is 0.0597. The molecular formula is C18H49O7Si6. The third-order valence-electron chi connectivity index (χ3n) is 3.23. The van der Waals surface area contributed by atoms with Gasteiger partial charge in [0.2, 0.25) is 0 Å². The Balaban J connectivity index is 6.04. The van der Waals surface area contributed by atoms with Crippen molar-refractivity contribution in [2.45, 2.75) is 97.3 Å². The third-order valence-corrected chi connectivity index (χ3v) is 23.0. The molecule has 0 amide bonds. The van der Waals surface area contributed by atoms with Crippen LogP contribution in [-0.2, 0) is 25.3 Å². The Kier molecular flexibility index (Phi) is 12.0. The summed E-state index contributed by atoms with van der Waals surface area (Å²) >= 11 is 0. The Morgan fingerprint density at radius 1 is 0.613 bits per heavy atom. The summed E-state index contributed by atoms with van der Waals surface area (Å²) in [6.07, 6.45) is -0.766. The molecule has 0 rings (SSSR count). The van der Waals surface area contributed by atoms with Crippen LogP contribution in [0, 0.1) is 6.92 Å². The van der Waals surface area contributed by atoms with Gasteiger partial charge in [0.05, 0.1) is 19.3 Å². The summed E-state index contributed by atoms with van der Waals surface area (Å²) < 4.78 is 39.1. The van der Waals surface area contributed by atoms with Crippen LogP contribution in [-0.4, -0.2) is 75.3 Å². The standard InChI is InChI=1S/C18H49O7Si6/c1-18(19)17-20-15-16-31(23-28(8,9)10,24-29(11,12)21-26(2,3)4)25-30(13,14)22-27(5,6)7/h18-19H,1,15-17H2,2-14H3. The van der Waals surface area contributed by atoms with Gasteiger partial charge in [-0.1, -0.05) is 0 Å². The van der Waals surface area contributed by atoms with Crippen LogP contribution >= 0.6 is 0 Å². The number of aliphatic hydroxyl groups is 1. The SMILES string of the molecule is [CH2]C(O)COCC[Si](O[Si](C)(C)C)(O[Si](C)(C)O[Si](C)(C)C)O[Si](C)(C)O[Si](C)(C)C. The van der Waals surface area contributed by atoms with Crippen LogP contribution in [0.5, 0.6) is 0 Å².